The fourth-order valence-corrected chi connectivity index (χ4v) is 1.60. The monoisotopic (exact) mass is 218 g/mol. The van der Waals surface area contributed by atoms with Crippen molar-refractivity contribution in [2.45, 2.75) is 18.9 Å². The molecule has 0 aliphatic rings. The van der Waals surface area contributed by atoms with E-state index in [1.807, 2.05) is 30.3 Å². The van der Waals surface area contributed by atoms with E-state index in [2.05, 4.69) is 18.3 Å². The van der Waals surface area contributed by atoms with Crippen LogP contribution in [0, 0.1) is 11.3 Å². The van der Waals surface area contributed by atoms with Gasteiger partial charge in [-0.15, -0.1) is 0 Å². The molecule has 16 heavy (non-hydrogen) atoms. The molecular formula is C13H18N2O. The second-order valence-electron chi connectivity index (χ2n) is 3.75. The van der Waals surface area contributed by atoms with Crippen LogP contribution in [0.25, 0.3) is 0 Å². The van der Waals surface area contributed by atoms with Crippen LogP contribution in [0.3, 0.4) is 0 Å². The number of hydrogen-bond acceptors (Lipinski definition) is 3. The third-order valence-corrected chi connectivity index (χ3v) is 2.63. The first kappa shape index (κ1) is 12.7. The molecule has 1 aromatic rings. The van der Waals surface area contributed by atoms with Crippen molar-refractivity contribution >= 4 is 0 Å². The van der Waals surface area contributed by atoms with Gasteiger partial charge in [-0.1, -0.05) is 37.3 Å². The molecule has 0 saturated carbocycles. The number of hydrogen-bond donors (Lipinski definition) is 1. The molecule has 86 valence electrons. The lowest BCUT2D eigenvalue weighted by Gasteiger charge is -2.19. The van der Waals surface area contributed by atoms with Gasteiger partial charge in [0, 0.05) is 19.6 Å². The Morgan fingerprint density at radius 1 is 1.38 bits per heavy atom. The van der Waals surface area contributed by atoms with Gasteiger partial charge >= 0.3 is 0 Å². The van der Waals surface area contributed by atoms with E-state index in [1.165, 1.54) is 5.56 Å². The summed E-state index contributed by atoms with van der Waals surface area (Å²) >= 11 is 0. The smallest absolute Gasteiger partial charge is 0.102 e. The van der Waals surface area contributed by atoms with Crippen molar-refractivity contribution in [2.75, 3.05) is 20.3 Å². The molecule has 0 radical (unpaired) electrons. The molecule has 1 rings (SSSR count). The van der Waals surface area contributed by atoms with Gasteiger partial charge < -0.3 is 4.74 Å². The molecule has 0 amide bonds. The summed E-state index contributed by atoms with van der Waals surface area (Å²) in [4.78, 5) is 0. The van der Waals surface area contributed by atoms with E-state index in [0.717, 1.165) is 0 Å². The van der Waals surface area contributed by atoms with Crippen LogP contribution in [0.15, 0.2) is 30.3 Å². The zero-order chi connectivity index (χ0) is 11.8. The number of nitriles is 1. The maximum atomic E-state index is 9.10. The van der Waals surface area contributed by atoms with E-state index in [9.17, 15) is 0 Å². The van der Waals surface area contributed by atoms with E-state index in [-0.39, 0.29) is 12.0 Å². The first-order chi connectivity index (χ1) is 7.79. The molecule has 0 fully saturated rings. The molecule has 0 aromatic heterocycles. The highest BCUT2D eigenvalue weighted by atomic mass is 16.5. The summed E-state index contributed by atoms with van der Waals surface area (Å²) in [5.74, 6) is 0.183. The van der Waals surface area contributed by atoms with Crippen LogP contribution in [-0.4, -0.2) is 26.3 Å². The lowest BCUT2D eigenvalue weighted by atomic mass is 9.94. The summed E-state index contributed by atoms with van der Waals surface area (Å²) in [5.41, 5.74) is 1.18. The van der Waals surface area contributed by atoms with Crippen LogP contribution in [-0.2, 0) is 4.74 Å². The van der Waals surface area contributed by atoms with Gasteiger partial charge in [0.05, 0.1) is 12.7 Å². The van der Waals surface area contributed by atoms with Crippen molar-refractivity contribution in [1.29, 1.82) is 5.26 Å². The third kappa shape index (κ3) is 3.65. The minimum Gasteiger partial charge on any atom is -0.383 e. The van der Waals surface area contributed by atoms with E-state index in [1.54, 1.807) is 7.11 Å². The van der Waals surface area contributed by atoms with Crippen LogP contribution in [0.2, 0.25) is 0 Å². The summed E-state index contributed by atoms with van der Waals surface area (Å²) in [5, 5.41) is 12.3. The Labute approximate surface area is 97.0 Å². The molecule has 0 bridgehead atoms. The Bertz CT molecular complexity index is 332. The van der Waals surface area contributed by atoms with E-state index in [0.29, 0.717) is 13.2 Å². The SMILES string of the molecule is COCCNC(C#N)C(C)c1ccccc1. The van der Waals surface area contributed by atoms with Crippen LogP contribution < -0.4 is 5.32 Å². The molecule has 0 aliphatic heterocycles. The fraction of sp³-hybridized carbons (Fsp3) is 0.462. The number of rotatable bonds is 6. The van der Waals surface area contributed by atoms with Crippen LogP contribution >= 0.6 is 0 Å². The number of nitrogens with one attached hydrogen (secondary N) is 1. The highest BCUT2D eigenvalue weighted by Gasteiger charge is 2.17. The topological polar surface area (TPSA) is 45.0 Å². The summed E-state index contributed by atoms with van der Waals surface area (Å²) in [6.45, 7) is 3.38. The summed E-state index contributed by atoms with van der Waals surface area (Å²) < 4.78 is 4.95. The Kier molecular flexibility index (Phi) is 5.55. The molecular weight excluding hydrogens is 200 g/mol. The van der Waals surface area contributed by atoms with Gasteiger partial charge in [-0.2, -0.15) is 5.26 Å². The van der Waals surface area contributed by atoms with Gasteiger partial charge in [0.2, 0.25) is 0 Å². The third-order valence-electron chi connectivity index (χ3n) is 2.63. The summed E-state index contributed by atoms with van der Waals surface area (Å²) in [6.07, 6.45) is 0. The van der Waals surface area contributed by atoms with Gasteiger partial charge in [0.15, 0.2) is 0 Å². The van der Waals surface area contributed by atoms with Crippen molar-refractivity contribution in [3.8, 4) is 6.07 Å². The normalized spacial score (nSPS) is 14.1. The van der Waals surface area contributed by atoms with Gasteiger partial charge in [-0.25, -0.2) is 0 Å². The Hall–Kier alpha value is -1.37. The maximum Gasteiger partial charge on any atom is 0.102 e. The lowest BCUT2D eigenvalue weighted by Crippen LogP contribution is -2.34. The zero-order valence-corrected chi connectivity index (χ0v) is 9.81. The molecule has 1 aromatic carbocycles. The average Bonchev–Trinajstić information content (AvgIpc) is 2.35. The molecule has 0 spiro atoms. The average molecular weight is 218 g/mol. The predicted molar refractivity (Wildman–Crippen MR) is 64.1 cm³/mol. The van der Waals surface area contributed by atoms with Gasteiger partial charge in [-0.05, 0) is 5.56 Å². The quantitative estimate of drug-likeness (QED) is 0.742. The predicted octanol–water partition coefficient (Wildman–Crippen LogP) is 1.92. The number of benzene rings is 1. The highest BCUT2D eigenvalue weighted by Crippen LogP contribution is 2.18. The molecule has 1 N–H and O–H groups in total. The Morgan fingerprint density at radius 2 is 2.06 bits per heavy atom. The Balaban J connectivity index is 2.57. The molecule has 2 atom stereocenters. The second-order valence-corrected chi connectivity index (χ2v) is 3.75. The first-order valence-corrected chi connectivity index (χ1v) is 5.46. The van der Waals surface area contributed by atoms with Crippen LogP contribution in [0.1, 0.15) is 18.4 Å². The number of nitrogens with zero attached hydrogens (tertiary/aromatic N) is 1. The van der Waals surface area contributed by atoms with Gasteiger partial charge in [0.1, 0.15) is 6.04 Å². The van der Waals surface area contributed by atoms with Gasteiger partial charge in [-0.3, -0.25) is 5.32 Å². The summed E-state index contributed by atoms with van der Waals surface area (Å²) in [6, 6.07) is 12.2. The van der Waals surface area contributed by atoms with Gasteiger partial charge in [0.25, 0.3) is 0 Å². The molecule has 2 unspecified atom stereocenters. The number of methoxy groups -OCH3 is 1. The maximum absolute atomic E-state index is 9.10. The second kappa shape index (κ2) is 7.00. The molecule has 0 saturated heterocycles. The van der Waals surface area contributed by atoms with Crippen LogP contribution in [0.4, 0.5) is 0 Å². The Morgan fingerprint density at radius 3 is 2.62 bits per heavy atom. The summed E-state index contributed by atoms with van der Waals surface area (Å²) in [7, 11) is 1.66. The minimum atomic E-state index is -0.169. The largest absolute Gasteiger partial charge is 0.383 e. The van der Waals surface area contributed by atoms with Crippen molar-refractivity contribution in [3.05, 3.63) is 35.9 Å². The van der Waals surface area contributed by atoms with Crippen molar-refractivity contribution in [2.24, 2.45) is 0 Å². The van der Waals surface area contributed by atoms with E-state index < -0.39 is 0 Å². The van der Waals surface area contributed by atoms with Crippen molar-refractivity contribution in [3.63, 3.8) is 0 Å². The number of ether oxygens (including phenoxy) is 1. The van der Waals surface area contributed by atoms with E-state index >= 15 is 0 Å². The molecule has 3 heteroatoms. The first-order valence-electron chi connectivity index (χ1n) is 5.46. The lowest BCUT2D eigenvalue weighted by molar-refractivity contribution is 0.196. The van der Waals surface area contributed by atoms with Crippen LogP contribution in [0.5, 0.6) is 0 Å². The fourth-order valence-electron chi connectivity index (χ4n) is 1.60. The molecule has 0 heterocycles. The van der Waals surface area contributed by atoms with E-state index in [4.69, 9.17) is 10.00 Å². The zero-order valence-electron chi connectivity index (χ0n) is 9.81. The van der Waals surface area contributed by atoms with Crippen molar-refractivity contribution in [1.82, 2.24) is 5.32 Å². The highest BCUT2D eigenvalue weighted by molar-refractivity contribution is 5.22. The van der Waals surface area contributed by atoms with Crippen molar-refractivity contribution < 1.29 is 4.74 Å². The minimum absolute atomic E-state index is 0.169. The standard InChI is InChI=1S/C13H18N2O/c1-11(12-6-4-3-5-7-12)13(10-14)15-8-9-16-2/h3-7,11,13,15H,8-9H2,1-2H3. The molecule has 0 aliphatic carbocycles. The molecule has 3 nitrogen and oxygen atoms in total.